The Labute approximate surface area is 64.7 Å². The van der Waals surface area contributed by atoms with Crippen LogP contribution in [0.4, 0.5) is 0 Å². The first-order valence-corrected chi connectivity index (χ1v) is 2.29. The SMILES string of the molecule is CC=CC=CC(=O)O.[Cu]. The molecule has 0 aromatic heterocycles. The van der Waals surface area contributed by atoms with Crippen molar-refractivity contribution in [3.63, 3.8) is 0 Å². The third-order valence-corrected chi connectivity index (χ3v) is 0.542. The Morgan fingerprint density at radius 2 is 2.00 bits per heavy atom. The number of carboxylic acids is 1. The molecule has 9 heavy (non-hydrogen) atoms. The molecule has 1 N–H and O–H groups in total. The van der Waals surface area contributed by atoms with E-state index in [0.717, 1.165) is 6.08 Å². The summed E-state index contributed by atoms with van der Waals surface area (Å²) < 4.78 is 0. The monoisotopic (exact) mass is 175 g/mol. The van der Waals surface area contributed by atoms with Gasteiger partial charge in [0.1, 0.15) is 0 Å². The summed E-state index contributed by atoms with van der Waals surface area (Å²) in [6.07, 6.45) is 5.98. The number of hydrogen-bond donors (Lipinski definition) is 1. The fraction of sp³-hybridized carbons (Fsp3) is 0.167. The van der Waals surface area contributed by atoms with E-state index in [-0.39, 0.29) is 17.1 Å². The van der Waals surface area contributed by atoms with Crippen LogP contribution in [-0.4, -0.2) is 11.1 Å². The van der Waals surface area contributed by atoms with Gasteiger partial charge in [-0.1, -0.05) is 18.2 Å². The van der Waals surface area contributed by atoms with Crippen molar-refractivity contribution in [3.05, 3.63) is 24.3 Å². The number of aliphatic carboxylic acids is 1. The van der Waals surface area contributed by atoms with Crippen molar-refractivity contribution in [2.24, 2.45) is 0 Å². The summed E-state index contributed by atoms with van der Waals surface area (Å²) in [7, 11) is 0. The number of allylic oxidation sites excluding steroid dienone is 3. The zero-order chi connectivity index (χ0) is 6.41. The van der Waals surface area contributed by atoms with Gasteiger partial charge in [-0.05, 0) is 6.92 Å². The maximum Gasteiger partial charge on any atom is 0.328 e. The van der Waals surface area contributed by atoms with Crippen molar-refractivity contribution < 1.29 is 27.0 Å². The Kier molecular flexibility index (Phi) is 9.37. The third-order valence-electron chi connectivity index (χ3n) is 0.542. The molecule has 0 spiro atoms. The summed E-state index contributed by atoms with van der Waals surface area (Å²) in [4.78, 5) is 9.75. The first-order chi connectivity index (χ1) is 3.77. The van der Waals surface area contributed by atoms with E-state index in [9.17, 15) is 4.79 Å². The van der Waals surface area contributed by atoms with E-state index in [2.05, 4.69) is 0 Å². The van der Waals surface area contributed by atoms with E-state index >= 15 is 0 Å². The molecule has 0 aromatic rings. The Hall–Kier alpha value is -0.531. The molecule has 55 valence electrons. The largest absolute Gasteiger partial charge is 0.478 e. The number of carboxylic acid groups (broad SMARTS) is 1. The molecule has 0 saturated heterocycles. The predicted molar refractivity (Wildman–Crippen MR) is 31.6 cm³/mol. The Balaban J connectivity index is 0. The van der Waals surface area contributed by atoms with Gasteiger partial charge in [0.15, 0.2) is 0 Å². The molecule has 0 aromatic carbocycles. The van der Waals surface area contributed by atoms with Crippen molar-refractivity contribution in [2.75, 3.05) is 0 Å². The molecule has 0 aliphatic rings. The molecule has 0 bridgehead atoms. The molecule has 0 atom stereocenters. The van der Waals surface area contributed by atoms with Crippen LogP contribution in [-0.2, 0) is 21.9 Å². The summed E-state index contributed by atoms with van der Waals surface area (Å²) in [5.74, 6) is -0.914. The molecule has 0 rings (SSSR count). The van der Waals surface area contributed by atoms with Gasteiger partial charge < -0.3 is 5.11 Å². The van der Waals surface area contributed by atoms with E-state index in [4.69, 9.17) is 5.11 Å². The number of rotatable bonds is 2. The van der Waals surface area contributed by atoms with Crippen LogP contribution < -0.4 is 0 Å². The van der Waals surface area contributed by atoms with Crippen molar-refractivity contribution in [3.8, 4) is 0 Å². The first kappa shape index (κ1) is 11.3. The maximum atomic E-state index is 9.75. The van der Waals surface area contributed by atoms with Crippen LogP contribution in [0.25, 0.3) is 0 Å². The van der Waals surface area contributed by atoms with Gasteiger partial charge in [-0.15, -0.1) is 0 Å². The molecule has 0 amide bonds. The Bertz CT molecular complexity index is 127. The van der Waals surface area contributed by atoms with E-state index in [1.807, 2.05) is 6.92 Å². The topological polar surface area (TPSA) is 37.3 Å². The van der Waals surface area contributed by atoms with Crippen molar-refractivity contribution in [1.29, 1.82) is 0 Å². The molecule has 0 aliphatic heterocycles. The van der Waals surface area contributed by atoms with Gasteiger partial charge in [0, 0.05) is 23.1 Å². The molecule has 1 radical (unpaired) electrons. The van der Waals surface area contributed by atoms with Gasteiger partial charge >= 0.3 is 5.97 Å². The number of hydrogen-bond acceptors (Lipinski definition) is 1. The minimum Gasteiger partial charge on any atom is -0.478 e. The predicted octanol–water partition coefficient (Wildman–Crippen LogP) is 1.20. The summed E-state index contributed by atoms with van der Waals surface area (Å²) in [5.41, 5.74) is 0. The van der Waals surface area contributed by atoms with Crippen LogP contribution in [0.2, 0.25) is 0 Å². The average molecular weight is 176 g/mol. The average Bonchev–Trinajstić information content (AvgIpc) is 1.66. The second-order valence-electron chi connectivity index (χ2n) is 1.22. The van der Waals surface area contributed by atoms with Crippen molar-refractivity contribution in [1.82, 2.24) is 0 Å². The molecule has 0 aliphatic carbocycles. The smallest absolute Gasteiger partial charge is 0.328 e. The second-order valence-corrected chi connectivity index (χ2v) is 1.22. The van der Waals surface area contributed by atoms with Crippen LogP contribution in [0.3, 0.4) is 0 Å². The minimum atomic E-state index is -0.914. The Morgan fingerprint density at radius 1 is 1.44 bits per heavy atom. The molecule has 0 fully saturated rings. The number of carbonyl (C=O) groups is 1. The summed E-state index contributed by atoms with van der Waals surface area (Å²) in [5, 5.41) is 8.02. The fourth-order valence-corrected chi connectivity index (χ4v) is 0.249. The van der Waals surface area contributed by atoms with E-state index in [1.54, 1.807) is 12.2 Å². The summed E-state index contributed by atoms with van der Waals surface area (Å²) in [6.45, 7) is 1.83. The van der Waals surface area contributed by atoms with Gasteiger partial charge in [0.05, 0.1) is 0 Å². The van der Waals surface area contributed by atoms with E-state index in [0.29, 0.717) is 0 Å². The van der Waals surface area contributed by atoms with Crippen LogP contribution in [0.15, 0.2) is 24.3 Å². The van der Waals surface area contributed by atoms with Gasteiger partial charge in [0.2, 0.25) is 0 Å². The molecule has 0 unspecified atom stereocenters. The van der Waals surface area contributed by atoms with E-state index in [1.165, 1.54) is 6.08 Å². The molecule has 0 saturated carbocycles. The first-order valence-electron chi connectivity index (χ1n) is 2.29. The fourth-order valence-electron chi connectivity index (χ4n) is 0.249. The molecule has 0 heterocycles. The zero-order valence-electron chi connectivity index (χ0n) is 4.97. The molecule has 3 heteroatoms. The van der Waals surface area contributed by atoms with Crippen molar-refractivity contribution in [2.45, 2.75) is 6.92 Å². The molecular weight excluding hydrogens is 168 g/mol. The van der Waals surface area contributed by atoms with Crippen molar-refractivity contribution >= 4 is 5.97 Å². The summed E-state index contributed by atoms with van der Waals surface area (Å²) in [6, 6.07) is 0. The molecular formula is C6H8CuO2. The van der Waals surface area contributed by atoms with Crippen LogP contribution >= 0.6 is 0 Å². The maximum absolute atomic E-state index is 9.75. The van der Waals surface area contributed by atoms with Gasteiger partial charge in [-0.25, -0.2) is 4.79 Å². The molecule has 2 nitrogen and oxygen atoms in total. The zero-order valence-corrected chi connectivity index (χ0v) is 5.91. The third kappa shape index (κ3) is 11.2. The Morgan fingerprint density at radius 3 is 2.33 bits per heavy atom. The van der Waals surface area contributed by atoms with Crippen LogP contribution in [0, 0.1) is 0 Å². The van der Waals surface area contributed by atoms with Gasteiger partial charge in [0.25, 0.3) is 0 Å². The van der Waals surface area contributed by atoms with Crippen LogP contribution in [0.1, 0.15) is 6.92 Å². The second kappa shape index (κ2) is 7.47. The van der Waals surface area contributed by atoms with Crippen LogP contribution in [0.5, 0.6) is 0 Å². The normalized spacial score (nSPS) is 9.89. The quantitative estimate of drug-likeness (QED) is 0.389. The summed E-state index contributed by atoms with van der Waals surface area (Å²) >= 11 is 0. The van der Waals surface area contributed by atoms with Gasteiger partial charge in [-0.2, -0.15) is 0 Å². The minimum absolute atomic E-state index is 0. The standard InChI is InChI=1S/C6H8O2.Cu/c1-2-3-4-5-6(7)8;/h2-5H,1H3,(H,7,8);. The van der Waals surface area contributed by atoms with E-state index < -0.39 is 5.97 Å². The van der Waals surface area contributed by atoms with Gasteiger partial charge in [-0.3, -0.25) is 0 Å².